The lowest BCUT2D eigenvalue weighted by Gasteiger charge is -2.11. The van der Waals surface area contributed by atoms with Crippen molar-refractivity contribution in [1.82, 2.24) is 0 Å². The molecule has 0 bridgehead atoms. The zero-order chi connectivity index (χ0) is 15.5. The smallest absolute Gasteiger partial charge is 0.324 e. The molecular formula is C16H15F4N. The van der Waals surface area contributed by atoms with E-state index in [1.165, 1.54) is 12.1 Å². The number of halogens is 4. The van der Waals surface area contributed by atoms with Crippen molar-refractivity contribution in [3.05, 3.63) is 59.7 Å². The first-order chi connectivity index (χ1) is 9.91. The van der Waals surface area contributed by atoms with Crippen molar-refractivity contribution >= 4 is 0 Å². The van der Waals surface area contributed by atoms with Gasteiger partial charge in [-0.3, -0.25) is 4.39 Å². The molecule has 112 valence electrons. The van der Waals surface area contributed by atoms with Crippen LogP contribution in [0.5, 0.6) is 0 Å². The van der Waals surface area contributed by atoms with E-state index in [-0.39, 0.29) is 12.5 Å². The predicted octanol–water partition coefficient (Wildman–Crippen LogP) is 4.73. The van der Waals surface area contributed by atoms with E-state index >= 15 is 0 Å². The van der Waals surface area contributed by atoms with Crippen molar-refractivity contribution in [3.63, 3.8) is 0 Å². The van der Waals surface area contributed by atoms with Gasteiger partial charge in [-0.25, -0.2) is 0 Å². The lowest BCUT2D eigenvalue weighted by atomic mass is 9.99. The molecule has 1 atom stereocenters. The van der Waals surface area contributed by atoms with E-state index in [9.17, 15) is 17.6 Å². The summed E-state index contributed by atoms with van der Waals surface area (Å²) in [6, 6.07) is 11.7. The van der Waals surface area contributed by atoms with Gasteiger partial charge in [0.05, 0.1) is 12.2 Å². The van der Waals surface area contributed by atoms with E-state index in [2.05, 4.69) is 0 Å². The van der Waals surface area contributed by atoms with Crippen LogP contribution < -0.4 is 5.73 Å². The molecule has 2 rings (SSSR count). The summed E-state index contributed by atoms with van der Waals surface area (Å²) in [5.74, 6) is 0. The Balaban J connectivity index is 2.19. The highest BCUT2D eigenvalue weighted by molar-refractivity contribution is 5.64. The molecule has 0 aliphatic carbocycles. The van der Waals surface area contributed by atoms with Crippen molar-refractivity contribution in [3.8, 4) is 11.1 Å². The van der Waals surface area contributed by atoms with Crippen molar-refractivity contribution < 1.29 is 17.6 Å². The third-order valence-electron chi connectivity index (χ3n) is 3.30. The number of benzene rings is 2. The van der Waals surface area contributed by atoms with Crippen LogP contribution in [-0.2, 0) is 6.18 Å². The van der Waals surface area contributed by atoms with E-state index in [1.807, 2.05) is 0 Å². The molecule has 2 aromatic carbocycles. The SMILES string of the molecule is N[C@@H](CCF)c1ccc(-c2ccc(C(F)(F)F)cc2)cc1. The summed E-state index contributed by atoms with van der Waals surface area (Å²) in [7, 11) is 0. The van der Waals surface area contributed by atoms with Gasteiger partial charge in [-0.05, 0) is 35.2 Å². The van der Waals surface area contributed by atoms with Gasteiger partial charge in [-0.2, -0.15) is 13.2 Å². The van der Waals surface area contributed by atoms with Gasteiger partial charge >= 0.3 is 6.18 Å². The van der Waals surface area contributed by atoms with Crippen LogP contribution in [0.1, 0.15) is 23.6 Å². The molecule has 0 amide bonds. The zero-order valence-electron chi connectivity index (χ0n) is 11.2. The summed E-state index contributed by atoms with van der Waals surface area (Å²) in [6.07, 6.45) is -4.08. The van der Waals surface area contributed by atoms with Gasteiger partial charge in [0, 0.05) is 6.04 Å². The Bertz CT molecular complexity index is 573. The summed E-state index contributed by atoms with van der Waals surface area (Å²) in [4.78, 5) is 0. The fourth-order valence-corrected chi connectivity index (χ4v) is 2.06. The maximum atomic E-state index is 12.5. The second kappa shape index (κ2) is 6.26. The third kappa shape index (κ3) is 3.82. The van der Waals surface area contributed by atoms with Crippen LogP contribution in [0, 0.1) is 0 Å². The van der Waals surface area contributed by atoms with E-state index in [0.29, 0.717) is 5.56 Å². The molecule has 0 saturated heterocycles. The summed E-state index contributed by atoms with van der Waals surface area (Å²) >= 11 is 0. The first kappa shape index (κ1) is 15.5. The standard InChI is InChI=1S/C16H15F4N/c17-10-9-15(21)13-3-1-11(2-4-13)12-5-7-14(8-6-12)16(18,19)20/h1-8,15H,9-10,21H2/t15-/m0/s1. The minimum absolute atomic E-state index is 0.250. The Morgan fingerprint density at radius 3 is 1.76 bits per heavy atom. The van der Waals surface area contributed by atoms with Gasteiger partial charge in [0.15, 0.2) is 0 Å². The predicted molar refractivity (Wildman–Crippen MR) is 74.4 cm³/mol. The molecule has 0 aliphatic rings. The zero-order valence-corrected chi connectivity index (χ0v) is 11.2. The first-order valence-corrected chi connectivity index (χ1v) is 6.51. The molecule has 21 heavy (non-hydrogen) atoms. The molecule has 0 spiro atoms. The van der Waals surface area contributed by atoms with Crippen LogP contribution in [0.25, 0.3) is 11.1 Å². The fraction of sp³-hybridized carbons (Fsp3) is 0.250. The maximum Gasteiger partial charge on any atom is 0.416 e. The van der Waals surface area contributed by atoms with Crippen molar-refractivity contribution in [1.29, 1.82) is 0 Å². The molecule has 2 N–H and O–H groups in total. The Kier molecular flexibility index (Phi) is 4.63. The monoisotopic (exact) mass is 297 g/mol. The fourth-order valence-electron chi connectivity index (χ4n) is 2.06. The van der Waals surface area contributed by atoms with Gasteiger partial charge in [-0.15, -0.1) is 0 Å². The van der Waals surface area contributed by atoms with Crippen LogP contribution in [-0.4, -0.2) is 6.67 Å². The molecule has 2 aromatic rings. The summed E-state index contributed by atoms with van der Waals surface area (Å²) in [6.45, 7) is -0.484. The lowest BCUT2D eigenvalue weighted by molar-refractivity contribution is -0.137. The van der Waals surface area contributed by atoms with Gasteiger partial charge in [0.2, 0.25) is 0 Å². The minimum atomic E-state index is -4.33. The maximum absolute atomic E-state index is 12.5. The third-order valence-corrected chi connectivity index (χ3v) is 3.30. The highest BCUT2D eigenvalue weighted by Gasteiger charge is 2.29. The average molecular weight is 297 g/mol. The molecule has 0 fully saturated rings. The molecular weight excluding hydrogens is 282 g/mol. The number of hydrogen-bond donors (Lipinski definition) is 1. The van der Waals surface area contributed by atoms with Gasteiger partial charge in [-0.1, -0.05) is 36.4 Å². The van der Waals surface area contributed by atoms with E-state index in [4.69, 9.17) is 5.73 Å². The number of hydrogen-bond acceptors (Lipinski definition) is 1. The number of nitrogens with two attached hydrogens (primary N) is 1. The van der Waals surface area contributed by atoms with E-state index in [1.54, 1.807) is 24.3 Å². The van der Waals surface area contributed by atoms with Crippen LogP contribution in [0.2, 0.25) is 0 Å². The van der Waals surface area contributed by atoms with Crippen molar-refractivity contribution in [2.75, 3.05) is 6.67 Å². The lowest BCUT2D eigenvalue weighted by Crippen LogP contribution is -2.10. The second-order valence-corrected chi connectivity index (χ2v) is 4.78. The van der Waals surface area contributed by atoms with E-state index in [0.717, 1.165) is 23.3 Å². The van der Waals surface area contributed by atoms with Gasteiger partial charge in [0.1, 0.15) is 0 Å². The molecule has 1 nitrogen and oxygen atoms in total. The largest absolute Gasteiger partial charge is 0.416 e. The molecule has 0 saturated carbocycles. The molecule has 0 aromatic heterocycles. The number of alkyl halides is 4. The molecule has 0 unspecified atom stereocenters. The highest BCUT2D eigenvalue weighted by atomic mass is 19.4. The topological polar surface area (TPSA) is 26.0 Å². The Hall–Kier alpha value is -1.88. The van der Waals surface area contributed by atoms with Crippen LogP contribution in [0.3, 0.4) is 0 Å². The first-order valence-electron chi connectivity index (χ1n) is 6.51. The van der Waals surface area contributed by atoms with Crippen molar-refractivity contribution in [2.24, 2.45) is 5.73 Å². The van der Waals surface area contributed by atoms with Gasteiger partial charge in [0.25, 0.3) is 0 Å². The number of rotatable bonds is 4. The Labute approximate surface area is 120 Å². The molecule has 0 aliphatic heterocycles. The second-order valence-electron chi connectivity index (χ2n) is 4.78. The Morgan fingerprint density at radius 2 is 1.33 bits per heavy atom. The van der Waals surface area contributed by atoms with Crippen LogP contribution >= 0.6 is 0 Å². The summed E-state index contributed by atoms with van der Waals surface area (Å²) in [5, 5.41) is 0. The average Bonchev–Trinajstić information content (AvgIpc) is 2.47. The van der Waals surface area contributed by atoms with Crippen LogP contribution in [0.15, 0.2) is 48.5 Å². The molecule has 5 heteroatoms. The summed E-state index contributed by atoms with van der Waals surface area (Å²) < 4.78 is 49.7. The van der Waals surface area contributed by atoms with Crippen molar-refractivity contribution in [2.45, 2.75) is 18.6 Å². The molecule has 0 radical (unpaired) electrons. The Morgan fingerprint density at radius 1 is 0.857 bits per heavy atom. The van der Waals surface area contributed by atoms with Crippen LogP contribution in [0.4, 0.5) is 17.6 Å². The normalized spacial score (nSPS) is 13.2. The van der Waals surface area contributed by atoms with Gasteiger partial charge < -0.3 is 5.73 Å². The minimum Gasteiger partial charge on any atom is -0.324 e. The molecule has 0 heterocycles. The quantitative estimate of drug-likeness (QED) is 0.811. The highest BCUT2D eigenvalue weighted by Crippen LogP contribution is 2.31. The van der Waals surface area contributed by atoms with E-state index < -0.39 is 18.4 Å². The summed E-state index contributed by atoms with van der Waals surface area (Å²) in [5.41, 5.74) is 7.41.